The van der Waals surface area contributed by atoms with E-state index >= 15 is 0 Å². The van der Waals surface area contributed by atoms with Crippen LogP contribution < -0.4 is 5.32 Å². The van der Waals surface area contributed by atoms with Crippen LogP contribution in [0, 0.1) is 5.92 Å². The summed E-state index contributed by atoms with van der Waals surface area (Å²) in [5, 5.41) is 2.99. The highest BCUT2D eigenvalue weighted by atomic mass is 16.2. The molecular formula is C25H30N4O2. The molecule has 162 valence electrons. The van der Waals surface area contributed by atoms with E-state index < -0.39 is 6.04 Å². The van der Waals surface area contributed by atoms with Crippen LogP contribution in [0.15, 0.2) is 54.6 Å². The SMILES string of the molecule is CC(C)CCNC(=O)C[C@H]1C(=O)N(Cc2ccccc2)[C@H](C)c2nc3ccccc3n21. The van der Waals surface area contributed by atoms with Crippen molar-refractivity contribution in [2.24, 2.45) is 5.92 Å². The second kappa shape index (κ2) is 8.92. The molecule has 0 saturated carbocycles. The van der Waals surface area contributed by atoms with Gasteiger partial charge in [0.2, 0.25) is 11.8 Å². The minimum atomic E-state index is -0.596. The van der Waals surface area contributed by atoms with E-state index in [1.54, 1.807) is 0 Å². The Kier molecular flexibility index (Phi) is 6.07. The molecule has 0 spiro atoms. The van der Waals surface area contributed by atoms with Gasteiger partial charge in [0.15, 0.2) is 0 Å². The third kappa shape index (κ3) is 4.33. The van der Waals surface area contributed by atoms with E-state index in [1.165, 1.54) is 0 Å². The molecule has 2 aromatic carbocycles. The third-order valence-corrected chi connectivity index (χ3v) is 5.96. The van der Waals surface area contributed by atoms with Crippen LogP contribution in [-0.2, 0) is 16.1 Å². The number of hydrogen-bond acceptors (Lipinski definition) is 3. The zero-order chi connectivity index (χ0) is 22.0. The van der Waals surface area contributed by atoms with E-state index in [-0.39, 0.29) is 24.3 Å². The van der Waals surface area contributed by atoms with E-state index in [0.29, 0.717) is 19.0 Å². The van der Waals surface area contributed by atoms with Crippen molar-refractivity contribution in [1.82, 2.24) is 19.8 Å². The van der Waals surface area contributed by atoms with Crippen molar-refractivity contribution >= 4 is 22.8 Å². The summed E-state index contributed by atoms with van der Waals surface area (Å²) in [5.74, 6) is 1.21. The van der Waals surface area contributed by atoms with Gasteiger partial charge in [-0.05, 0) is 37.0 Å². The Labute approximate surface area is 183 Å². The van der Waals surface area contributed by atoms with Crippen LogP contribution in [0.2, 0.25) is 0 Å². The fourth-order valence-corrected chi connectivity index (χ4v) is 4.24. The predicted octanol–water partition coefficient (Wildman–Crippen LogP) is 4.23. The molecular weight excluding hydrogens is 388 g/mol. The topological polar surface area (TPSA) is 67.2 Å². The minimum Gasteiger partial charge on any atom is -0.356 e. The summed E-state index contributed by atoms with van der Waals surface area (Å²) in [7, 11) is 0. The molecule has 0 saturated heterocycles. The predicted molar refractivity (Wildman–Crippen MR) is 121 cm³/mol. The van der Waals surface area contributed by atoms with Crippen LogP contribution in [0.3, 0.4) is 0 Å². The number of benzene rings is 2. The molecule has 6 nitrogen and oxygen atoms in total. The van der Waals surface area contributed by atoms with Gasteiger partial charge in [-0.25, -0.2) is 4.98 Å². The monoisotopic (exact) mass is 418 g/mol. The molecule has 1 N–H and O–H groups in total. The Balaban J connectivity index is 1.67. The lowest BCUT2D eigenvalue weighted by molar-refractivity contribution is -0.142. The normalized spacial score (nSPS) is 18.5. The van der Waals surface area contributed by atoms with Crippen molar-refractivity contribution in [1.29, 1.82) is 0 Å². The number of nitrogens with one attached hydrogen (secondary N) is 1. The van der Waals surface area contributed by atoms with Crippen LogP contribution in [0.25, 0.3) is 11.0 Å². The largest absolute Gasteiger partial charge is 0.356 e. The van der Waals surface area contributed by atoms with E-state index in [1.807, 2.05) is 71.0 Å². The number of carbonyl (C=O) groups is 2. The average molecular weight is 419 g/mol. The van der Waals surface area contributed by atoms with Gasteiger partial charge >= 0.3 is 0 Å². The summed E-state index contributed by atoms with van der Waals surface area (Å²) in [6, 6.07) is 17.0. The number of imidazole rings is 1. The molecule has 31 heavy (non-hydrogen) atoms. The number of rotatable bonds is 7. The molecule has 4 rings (SSSR count). The van der Waals surface area contributed by atoms with Gasteiger partial charge < -0.3 is 14.8 Å². The summed E-state index contributed by atoms with van der Waals surface area (Å²) in [4.78, 5) is 33.1. The summed E-state index contributed by atoms with van der Waals surface area (Å²) >= 11 is 0. The number of nitrogens with zero attached hydrogens (tertiary/aromatic N) is 3. The quantitative estimate of drug-likeness (QED) is 0.624. The number of fused-ring (bicyclic) bond motifs is 3. The van der Waals surface area contributed by atoms with Gasteiger partial charge in [0.1, 0.15) is 11.9 Å². The maximum absolute atomic E-state index is 13.7. The van der Waals surface area contributed by atoms with Crippen LogP contribution in [0.4, 0.5) is 0 Å². The van der Waals surface area contributed by atoms with Crippen molar-refractivity contribution in [3.8, 4) is 0 Å². The Hall–Kier alpha value is -3.15. The third-order valence-electron chi connectivity index (χ3n) is 5.96. The molecule has 0 aliphatic carbocycles. The molecule has 3 aromatic rings. The van der Waals surface area contributed by atoms with Crippen LogP contribution in [-0.4, -0.2) is 32.8 Å². The van der Waals surface area contributed by atoms with Gasteiger partial charge in [0.25, 0.3) is 0 Å². The minimum absolute atomic E-state index is 0.0361. The fourth-order valence-electron chi connectivity index (χ4n) is 4.24. The van der Waals surface area contributed by atoms with Gasteiger partial charge in [0, 0.05) is 13.1 Å². The lowest BCUT2D eigenvalue weighted by Crippen LogP contribution is -2.46. The van der Waals surface area contributed by atoms with Gasteiger partial charge in [0.05, 0.1) is 23.5 Å². The Morgan fingerprint density at radius 3 is 2.55 bits per heavy atom. The first-order valence-electron chi connectivity index (χ1n) is 11.0. The van der Waals surface area contributed by atoms with Gasteiger partial charge in [-0.3, -0.25) is 9.59 Å². The maximum Gasteiger partial charge on any atom is 0.247 e. The van der Waals surface area contributed by atoms with Crippen molar-refractivity contribution in [2.75, 3.05) is 6.54 Å². The zero-order valence-corrected chi connectivity index (χ0v) is 18.4. The van der Waals surface area contributed by atoms with E-state index in [2.05, 4.69) is 19.2 Å². The number of carbonyl (C=O) groups excluding carboxylic acids is 2. The Bertz CT molecular complexity index is 1070. The van der Waals surface area contributed by atoms with Crippen molar-refractivity contribution in [3.05, 3.63) is 66.0 Å². The molecule has 6 heteroatoms. The highest BCUT2D eigenvalue weighted by Crippen LogP contribution is 2.37. The summed E-state index contributed by atoms with van der Waals surface area (Å²) in [6.07, 6.45) is 1.03. The van der Waals surface area contributed by atoms with Crippen molar-refractivity contribution in [3.63, 3.8) is 0 Å². The first kappa shape index (κ1) is 21.1. The molecule has 2 amide bonds. The average Bonchev–Trinajstić information content (AvgIpc) is 3.14. The molecule has 0 unspecified atom stereocenters. The fraction of sp³-hybridized carbons (Fsp3) is 0.400. The first-order valence-corrected chi connectivity index (χ1v) is 11.0. The summed E-state index contributed by atoms with van der Waals surface area (Å²) in [6.45, 7) is 7.39. The first-order chi connectivity index (χ1) is 15.0. The number of amides is 2. The van der Waals surface area contributed by atoms with Crippen LogP contribution in [0.1, 0.15) is 57.1 Å². The molecule has 1 aliphatic heterocycles. The van der Waals surface area contributed by atoms with Gasteiger partial charge in [-0.15, -0.1) is 0 Å². The smallest absolute Gasteiger partial charge is 0.247 e. The van der Waals surface area contributed by atoms with Crippen molar-refractivity contribution < 1.29 is 9.59 Å². The molecule has 2 atom stereocenters. The van der Waals surface area contributed by atoms with Gasteiger partial charge in [-0.1, -0.05) is 56.3 Å². The van der Waals surface area contributed by atoms with Crippen LogP contribution in [0.5, 0.6) is 0 Å². The lowest BCUT2D eigenvalue weighted by atomic mass is 10.0. The molecule has 0 bridgehead atoms. The molecule has 2 heterocycles. The van der Waals surface area contributed by atoms with Gasteiger partial charge in [-0.2, -0.15) is 0 Å². The Morgan fingerprint density at radius 2 is 1.81 bits per heavy atom. The van der Waals surface area contributed by atoms with Crippen molar-refractivity contribution in [2.45, 2.75) is 52.2 Å². The standard InChI is InChI=1S/C25H30N4O2/c1-17(2)13-14-26-23(30)15-22-25(31)28(16-19-9-5-4-6-10-19)18(3)24-27-20-11-7-8-12-21(20)29(22)24/h4-12,17-18,22H,13-16H2,1-3H3,(H,26,30)/t18-,22+/m1/s1. The lowest BCUT2D eigenvalue weighted by Gasteiger charge is -2.38. The maximum atomic E-state index is 13.7. The van der Waals surface area contributed by atoms with E-state index in [0.717, 1.165) is 28.8 Å². The molecule has 1 aromatic heterocycles. The van der Waals surface area contributed by atoms with E-state index in [9.17, 15) is 9.59 Å². The molecule has 0 fully saturated rings. The zero-order valence-electron chi connectivity index (χ0n) is 18.4. The summed E-state index contributed by atoms with van der Waals surface area (Å²) in [5.41, 5.74) is 2.81. The second-order valence-electron chi connectivity index (χ2n) is 8.71. The number of hydrogen-bond donors (Lipinski definition) is 1. The number of aromatic nitrogens is 2. The molecule has 0 radical (unpaired) electrons. The van der Waals surface area contributed by atoms with E-state index in [4.69, 9.17) is 4.98 Å². The summed E-state index contributed by atoms with van der Waals surface area (Å²) < 4.78 is 1.98. The van der Waals surface area contributed by atoms with Crippen LogP contribution >= 0.6 is 0 Å². The Morgan fingerprint density at radius 1 is 1.10 bits per heavy atom. The highest BCUT2D eigenvalue weighted by molar-refractivity contribution is 5.90. The number of para-hydroxylation sites is 2. The molecule has 1 aliphatic rings. The second-order valence-corrected chi connectivity index (χ2v) is 8.71. The highest BCUT2D eigenvalue weighted by Gasteiger charge is 2.40.